The molecule has 2 aliphatic rings. The van der Waals surface area contributed by atoms with E-state index in [0.29, 0.717) is 0 Å². The highest BCUT2D eigenvalue weighted by Crippen LogP contribution is 2.35. The fraction of sp³-hybridized carbons (Fsp3) is 0.545. The summed E-state index contributed by atoms with van der Waals surface area (Å²) in [6, 6.07) is 8.61. The third kappa shape index (κ3) is 4.65. The number of hydrogen-bond acceptors (Lipinski definition) is 5. The maximum atomic E-state index is 5.92. The second-order valence-electron chi connectivity index (χ2n) is 7.66. The van der Waals surface area contributed by atoms with Crippen molar-refractivity contribution in [1.29, 1.82) is 0 Å². The van der Waals surface area contributed by atoms with Crippen LogP contribution in [0.4, 0.5) is 0 Å². The summed E-state index contributed by atoms with van der Waals surface area (Å²) in [4.78, 5) is 2.54. The van der Waals surface area contributed by atoms with E-state index in [-0.39, 0.29) is 24.6 Å². The Balaban J connectivity index is 0.00000225. The Hall–Kier alpha value is -1.69. The lowest BCUT2D eigenvalue weighted by molar-refractivity contribution is 0.142. The van der Waals surface area contributed by atoms with Crippen LogP contribution < -0.4 is 14.8 Å². The third-order valence-electron chi connectivity index (χ3n) is 5.66. The van der Waals surface area contributed by atoms with Crippen molar-refractivity contribution in [1.82, 2.24) is 10.2 Å². The summed E-state index contributed by atoms with van der Waals surface area (Å²) in [6.45, 7) is 5.99. The number of piperidine rings is 1. The van der Waals surface area contributed by atoms with Crippen LogP contribution in [0.1, 0.15) is 49.1 Å². The van der Waals surface area contributed by atoms with E-state index in [1.807, 2.05) is 6.07 Å². The fourth-order valence-corrected chi connectivity index (χ4v) is 4.27. The van der Waals surface area contributed by atoms with Gasteiger partial charge in [0.15, 0.2) is 0 Å². The number of furan rings is 1. The Morgan fingerprint density at radius 2 is 2.07 bits per heavy atom. The Kier molecular flexibility index (Phi) is 7.27. The average molecular weight is 407 g/mol. The minimum atomic E-state index is 0. The molecule has 0 radical (unpaired) electrons. The van der Waals surface area contributed by atoms with Gasteiger partial charge < -0.3 is 19.2 Å². The van der Waals surface area contributed by atoms with E-state index in [4.69, 9.17) is 13.9 Å². The second-order valence-corrected chi connectivity index (χ2v) is 7.66. The Labute approximate surface area is 173 Å². The van der Waals surface area contributed by atoms with Crippen molar-refractivity contribution < 1.29 is 13.9 Å². The SMILES string of the molecule is COc1cc2c(cc1CNCC(c1ccco1)N1CCCCC1)OC(C)C2.Cl. The normalized spacial score (nSPS) is 20.1. The van der Waals surface area contributed by atoms with Gasteiger partial charge in [0.25, 0.3) is 0 Å². The van der Waals surface area contributed by atoms with Crippen LogP contribution in [0.15, 0.2) is 34.9 Å². The lowest BCUT2D eigenvalue weighted by Gasteiger charge is -2.33. The van der Waals surface area contributed by atoms with Crippen LogP contribution in [0.3, 0.4) is 0 Å². The molecule has 2 aromatic rings. The Morgan fingerprint density at radius 3 is 2.79 bits per heavy atom. The predicted octanol–water partition coefficient (Wildman–Crippen LogP) is 4.35. The number of likely N-dealkylation sites (tertiary alicyclic amines) is 1. The topological polar surface area (TPSA) is 46.9 Å². The molecule has 3 heterocycles. The molecule has 0 bridgehead atoms. The molecule has 1 saturated heterocycles. The fourth-order valence-electron chi connectivity index (χ4n) is 4.27. The van der Waals surface area contributed by atoms with Gasteiger partial charge in [-0.25, -0.2) is 0 Å². The summed E-state index contributed by atoms with van der Waals surface area (Å²) in [6.07, 6.45) is 6.84. The predicted molar refractivity (Wildman–Crippen MR) is 113 cm³/mol. The highest BCUT2D eigenvalue weighted by atomic mass is 35.5. The van der Waals surface area contributed by atoms with Crippen molar-refractivity contribution in [3.8, 4) is 11.5 Å². The first-order valence-corrected chi connectivity index (χ1v) is 10.1. The quantitative estimate of drug-likeness (QED) is 0.740. The first-order chi connectivity index (χ1) is 13.2. The van der Waals surface area contributed by atoms with E-state index >= 15 is 0 Å². The molecule has 0 aliphatic carbocycles. The third-order valence-corrected chi connectivity index (χ3v) is 5.66. The number of hydrogen-bond donors (Lipinski definition) is 1. The van der Waals surface area contributed by atoms with E-state index in [1.54, 1.807) is 13.4 Å². The van der Waals surface area contributed by atoms with Crippen LogP contribution >= 0.6 is 12.4 Å². The van der Waals surface area contributed by atoms with Gasteiger partial charge in [0, 0.05) is 30.6 Å². The maximum absolute atomic E-state index is 5.92. The largest absolute Gasteiger partial charge is 0.496 e. The molecule has 1 aromatic heterocycles. The smallest absolute Gasteiger partial charge is 0.123 e. The van der Waals surface area contributed by atoms with Gasteiger partial charge >= 0.3 is 0 Å². The molecule has 0 amide bonds. The molecule has 1 N–H and O–H groups in total. The number of benzene rings is 1. The van der Waals surface area contributed by atoms with Crippen LogP contribution in [0, 0.1) is 0 Å². The van der Waals surface area contributed by atoms with Crippen LogP contribution in [0.2, 0.25) is 0 Å². The molecule has 2 aliphatic heterocycles. The summed E-state index contributed by atoms with van der Waals surface area (Å²) < 4.78 is 17.3. The summed E-state index contributed by atoms with van der Waals surface area (Å²) in [7, 11) is 1.74. The first kappa shape index (κ1) is 21.0. The minimum absolute atomic E-state index is 0. The van der Waals surface area contributed by atoms with E-state index in [2.05, 4.69) is 35.3 Å². The Bertz CT molecular complexity index is 744. The molecular formula is C22H31ClN2O3. The summed E-state index contributed by atoms with van der Waals surface area (Å²) in [5.74, 6) is 2.98. The molecule has 0 saturated carbocycles. The molecule has 4 rings (SSSR count). The average Bonchev–Trinajstić information content (AvgIpc) is 3.33. The van der Waals surface area contributed by atoms with Crippen LogP contribution in [0.25, 0.3) is 0 Å². The molecule has 0 spiro atoms. The van der Waals surface area contributed by atoms with Gasteiger partial charge in [0.05, 0.1) is 19.4 Å². The van der Waals surface area contributed by atoms with E-state index < -0.39 is 0 Å². The molecular weight excluding hydrogens is 376 g/mol. The van der Waals surface area contributed by atoms with Crippen molar-refractivity contribution in [2.24, 2.45) is 0 Å². The molecule has 28 heavy (non-hydrogen) atoms. The van der Waals surface area contributed by atoms with Gasteiger partial charge in [-0.1, -0.05) is 6.42 Å². The zero-order valence-corrected chi connectivity index (χ0v) is 17.6. The summed E-state index contributed by atoms with van der Waals surface area (Å²) >= 11 is 0. The monoisotopic (exact) mass is 406 g/mol. The van der Waals surface area contributed by atoms with Gasteiger partial charge in [0.1, 0.15) is 23.4 Å². The zero-order valence-electron chi connectivity index (χ0n) is 16.8. The van der Waals surface area contributed by atoms with Gasteiger partial charge in [0.2, 0.25) is 0 Å². The molecule has 5 nitrogen and oxygen atoms in total. The van der Waals surface area contributed by atoms with Crippen LogP contribution in [-0.2, 0) is 13.0 Å². The molecule has 154 valence electrons. The lowest BCUT2D eigenvalue weighted by Crippen LogP contribution is -2.38. The van der Waals surface area contributed by atoms with Gasteiger partial charge in [-0.2, -0.15) is 0 Å². The molecule has 6 heteroatoms. The first-order valence-electron chi connectivity index (χ1n) is 10.1. The van der Waals surface area contributed by atoms with Gasteiger partial charge in [-0.05, 0) is 57.1 Å². The number of ether oxygens (including phenoxy) is 2. The molecule has 2 unspecified atom stereocenters. The number of fused-ring (bicyclic) bond motifs is 1. The molecule has 1 aromatic carbocycles. The van der Waals surface area contributed by atoms with Crippen LogP contribution in [-0.4, -0.2) is 37.7 Å². The standard InChI is InChI=1S/C22H30N2O3.ClH/c1-16-11-17-12-21(25-2)18(13-22(17)27-16)14-23-15-19(20-7-6-10-26-20)24-8-4-3-5-9-24;/h6-7,10,12-13,16,19,23H,3-5,8-9,11,14-15H2,1-2H3;1H. The summed E-state index contributed by atoms with van der Waals surface area (Å²) in [5, 5.41) is 3.63. The van der Waals surface area contributed by atoms with Gasteiger partial charge in [-0.3, -0.25) is 4.90 Å². The van der Waals surface area contributed by atoms with E-state index in [9.17, 15) is 0 Å². The van der Waals surface area contributed by atoms with E-state index in [0.717, 1.165) is 55.4 Å². The minimum Gasteiger partial charge on any atom is -0.496 e. The Morgan fingerprint density at radius 1 is 1.25 bits per heavy atom. The van der Waals surface area contributed by atoms with E-state index in [1.165, 1.54) is 24.8 Å². The number of rotatable bonds is 7. The van der Waals surface area contributed by atoms with Crippen molar-refractivity contribution in [3.05, 3.63) is 47.4 Å². The summed E-state index contributed by atoms with van der Waals surface area (Å²) in [5.41, 5.74) is 2.38. The van der Waals surface area contributed by atoms with Crippen molar-refractivity contribution in [3.63, 3.8) is 0 Å². The van der Waals surface area contributed by atoms with Crippen LogP contribution in [0.5, 0.6) is 11.5 Å². The maximum Gasteiger partial charge on any atom is 0.123 e. The second kappa shape index (κ2) is 9.68. The number of halogens is 1. The number of methoxy groups -OCH3 is 1. The molecule has 1 fully saturated rings. The van der Waals surface area contributed by atoms with Crippen molar-refractivity contribution >= 4 is 12.4 Å². The van der Waals surface area contributed by atoms with Gasteiger partial charge in [-0.15, -0.1) is 12.4 Å². The van der Waals surface area contributed by atoms with Crippen molar-refractivity contribution in [2.75, 3.05) is 26.7 Å². The lowest BCUT2D eigenvalue weighted by atomic mass is 10.1. The van der Waals surface area contributed by atoms with Crippen molar-refractivity contribution in [2.45, 2.75) is 51.3 Å². The number of nitrogens with one attached hydrogen (secondary N) is 1. The molecule has 2 atom stereocenters. The zero-order chi connectivity index (χ0) is 18.6. The highest BCUT2D eigenvalue weighted by Gasteiger charge is 2.25. The number of nitrogens with zero attached hydrogens (tertiary/aromatic N) is 1. The highest BCUT2D eigenvalue weighted by molar-refractivity contribution is 5.85.